The second kappa shape index (κ2) is 6.25. The standard InChI is InChI=1S/C14H16N2O5/c1-2-9(13(18)19)7-15-12(17)8-16-10-5-3-4-6-11(10)21-14(16)20/h3-6,9H,2,7-8H2,1H3,(H,15,17)(H,18,19). The lowest BCUT2D eigenvalue weighted by Crippen LogP contribution is -2.36. The van der Waals surface area contributed by atoms with Crippen LogP contribution >= 0.6 is 0 Å². The smallest absolute Gasteiger partial charge is 0.420 e. The fraction of sp³-hybridized carbons (Fsp3) is 0.357. The molecular formula is C14H16N2O5. The zero-order valence-corrected chi connectivity index (χ0v) is 11.5. The van der Waals surface area contributed by atoms with Crippen molar-refractivity contribution in [1.29, 1.82) is 0 Å². The Bertz CT molecular complexity index is 715. The first-order valence-electron chi connectivity index (χ1n) is 6.60. The molecule has 0 spiro atoms. The monoisotopic (exact) mass is 292 g/mol. The lowest BCUT2D eigenvalue weighted by atomic mass is 10.1. The lowest BCUT2D eigenvalue weighted by Gasteiger charge is -2.11. The highest BCUT2D eigenvalue weighted by molar-refractivity contribution is 5.80. The summed E-state index contributed by atoms with van der Waals surface area (Å²) in [5.41, 5.74) is 0.940. The Kier molecular flexibility index (Phi) is 4.42. The molecule has 0 fully saturated rings. The highest BCUT2D eigenvalue weighted by Crippen LogP contribution is 2.11. The number of para-hydroxylation sites is 2. The number of oxazole rings is 1. The van der Waals surface area contributed by atoms with Crippen molar-refractivity contribution < 1.29 is 19.1 Å². The van der Waals surface area contributed by atoms with Crippen LogP contribution in [0.4, 0.5) is 0 Å². The molecule has 1 atom stereocenters. The van der Waals surface area contributed by atoms with Crippen LogP contribution in [0.25, 0.3) is 11.1 Å². The van der Waals surface area contributed by atoms with Gasteiger partial charge in [0.2, 0.25) is 5.91 Å². The van der Waals surface area contributed by atoms with Gasteiger partial charge in [0.05, 0.1) is 11.4 Å². The van der Waals surface area contributed by atoms with Gasteiger partial charge in [-0.25, -0.2) is 4.79 Å². The van der Waals surface area contributed by atoms with Gasteiger partial charge in [-0.1, -0.05) is 19.1 Å². The van der Waals surface area contributed by atoms with Gasteiger partial charge in [0, 0.05) is 6.54 Å². The van der Waals surface area contributed by atoms with Gasteiger partial charge < -0.3 is 14.8 Å². The molecule has 7 heteroatoms. The number of rotatable bonds is 6. The number of carbonyl (C=O) groups is 2. The number of fused-ring (bicyclic) bond motifs is 1. The van der Waals surface area contributed by atoms with Crippen molar-refractivity contribution in [2.24, 2.45) is 5.92 Å². The van der Waals surface area contributed by atoms with Crippen molar-refractivity contribution in [2.45, 2.75) is 19.9 Å². The van der Waals surface area contributed by atoms with Crippen molar-refractivity contribution in [3.05, 3.63) is 34.8 Å². The Morgan fingerprint density at radius 3 is 2.76 bits per heavy atom. The number of carboxylic acid groups (broad SMARTS) is 1. The normalized spacial score (nSPS) is 12.2. The molecule has 2 N–H and O–H groups in total. The van der Waals surface area contributed by atoms with Crippen LogP contribution in [0, 0.1) is 5.92 Å². The van der Waals surface area contributed by atoms with Gasteiger partial charge in [-0.2, -0.15) is 0 Å². The SMILES string of the molecule is CCC(CNC(=O)Cn1c(=O)oc2ccccc21)C(=O)O. The molecule has 1 heterocycles. The topological polar surface area (TPSA) is 102 Å². The summed E-state index contributed by atoms with van der Waals surface area (Å²) < 4.78 is 6.23. The van der Waals surface area contributed by atoms with Crippen molar-refractivity contribution in [2.75, 3.05) is 6.54 Å². The van der Waals surface area contributed by atoms with E-state index in [-0.39, 0.29) is 13.1 Å². The van der Waals surface area contributed by atoms with Gasteiger partial charge in [-0.3, -0.25) is 14.2 Å². The predicted octanol–water partition coefficient (Wildman–Crippen LogP) is 0.821. The molecule has 0 aliphatic carbocycles. The van der Waals surface area contributed by atoms with E-state index in [1.807, 2.05) is 0 Å². The van der Waals surface area contributed by atoms with Crippen LogP contribution < -0.4 is 11.1 Å². The predicted molar refractivity (Wildman–Crippen MR) is 74.9 cm³/mol. The molecule has 2 rings (SSSR count). The minimum Gasteiger partial charge on any atom is -0.481 e. The summed E-state index contributed by atoms with van der Waals surface area (Å²) in [7, 11) is 0. The fourth-order valence-corrected chi connectivity index (χ4v) is 2.01. The minimum atomic E-state index is -0.955. The summed E-state index contributed by atoms with van der Waals surface area (Å²) in [5.74, 6) is -2.63. The molecule has 7 nitrogen and oxygen atoms in total. The molecule has 0 aliphatic rings. The highest BCUT2D eigenvalue weighted by Gasteiger charge is 2.17. The molecule has 1 aromatic carbocycles. The third-order valence-corrected chi connectivity index (χ3v) is 3.26. The average Bonchev–Trinajstić information content (AvgIpc) is 2.75. The molecule has 0 saturated carbocycles. The largest absolute Gasteiger partial charge is 0.481 e. The maximum Gasteiger partial charge on any atom is 0.420 e. The summed E-state index contributed by atoms with van der Waals surface area (Å²) >= 11 is 0. The number of hydrogen-bond donors (Lipinski definition) is 2. The Labute approximate surface area is 120 Å². The number of aromatic nitrogens is 1. The van der Waals surface area contributed by atoms with Crippen LogP contribution in [0.5, 0.6) is 0 Å². The zero-order valence-electron chi connectivity index (χ0n) is 11.5. The molecule has 1 aromatic heterocycles. The van der Waals surface area contributed by atoms with E-state index in [4.69, 9.17) is 9.52 Å². The van der Waals surface area contributed by atoms with Crippen LogP contribution in [0.1, 0.15) is 13.3 Å². The number of carbonyl (C=O) groups excluding carboxylic acids is 1. The van der Waals surface area contributed by atoms with Crippen LogP contribution in [0.2, 0.25) is 0 Å². The van der Waals surface area contributed by atoms with E-state index in [9.17, 15) is 14.4 Å². The number of carboxylic acids is 1. The van der Waals surface area contributed by atoms with Crippen LogP contribution in [-0.2, 0) is 16.1 Å². The third-order valence-electron chi connectivity index (χ3n) is 3.26. The summed E-state index contributed by atoms with van der Waals surface area (Å²) in [6.07, 6.45) is 0.421. The van der Waals surface area contributed by atoms with Gasteiger partial charge in [-0.15, -0.1) is 0 Å². The second-order valence-electron chi connectivity index (χ2n) is 4.67. The second-order valence-corrected chi connectivity index (χ2v) is 4.67. The van der Waals surface area contributed by atoms with E-state index in [2.05, 4.69) is 5.32 Å². The molecule has 21 heavy (non-hydrogen) atoms. The maximum absolute atomic E-state index is 11.8. The third kappa shape index (κ3) is 3.31. The van der Waals surface area contributed by atoms with Crippen molar-refractivity contribution in [1.82, 2.24) is 9.88 Å². The van der Waals surface area contributed by atoms with Crippen LogP contribution in [-0.4, -0.2) is 28.1 Å². The summed E-state index contributed by atoms with van der Waals surface area (Å²) in [6.45, 7) is 1.57. The molecular weight excluding hydrogens is 276 g/mol. The van der Waals surface area contributed by atoms with Crippen LogP contribution in [0.3, 0.4) is 0 Å². The zero-order chi connectivity index (χ0) is 15.4. The Hall–Kier alpha value is -2.57. The number of amides is 1. The molecule has 0 saturated heterocycles. The quantitative estimate of drug-likeness (QED) is 0.820. The average molecular weight is 292 g/mol. The first-order valence-corrected chi connectivity index (χ1v) is 6.60. The van der Waals surface area contributed by atoms with E-state index in [0.29, 0.717) is 17.5 Å². The number of hydrogen-bond acceptors (Lipinski definition) is 4. The van der Waals surface area contributed by atoms with Gasteiger partial charge in [0.1, 0.15) is 6.54 Å². The number of benzene rings is 1. The van der Waals surface area contributed by atoms with Gasteiger partial charge >= 0.3 is 11.7 Å². The fourth-order valence-electron chi connectivity index (χ4n) is 2.01. The Balaban J connectivity index is 2.07. The van der Waals surface area contributed by atoms with E-state index in [1.54, 1.807) is 31.2 Å². The van der Waals surface area contributed by atoms with E-state index >= 15 is 0 Å². The summed E-state index contributed by atoms with van der Waals surface area (Å²) in [4.78, 5) is 34.4. The molecule has 0 bridgehead atoms. The highest BCUT2D eigenvalue weighted by atomic mass is 16.4. The lowest BCUT2D eigenvalue weighted by molar-refractivity contribution is -0.141. The van der Waals surface area contributed by atoms with Gasteiger partial charge in [0.25, 0.3) is 0 Å². The van der Waals surface area contributed by atoms with Crippen molar-refractivity contribution in [3.8, 4) is 0 Å². The number of nitrogens with zero attached hydrogens (tertiary/aromatic N) is 1. The van der Waals surface area contributed by atoms with Gasteiger partial charge in [-0.05, 0) is 18.6 Å². The maximum atomic E-state index is 11.8. The summed E-state index contributed by atoms with van der Waals surface area (Å²) in [6, 6.07) is 6.79. The van der Waals surface area contributed by atoms with E-state index in [0.717, 1.165) is 0 Å². The molecule has 1 amide bonds. The summed E-state index contributed by atoms with van der Waals surface area (Å²) in [5, 5.41) is 11.4. The number of nitrogens with one attached hydrogen (secondary N) is 1. The first-order chi connectivity index (χ1) is 10.0. The Morgan fingerprint density at radius 2 is 2.10 bits per heavy atom. The van der Waals surface area contributed by atoms with E-state index in [1.165, 1.54) is 4.57 Å². The first kappa shape index (κ1) is 14.8. The molecule has 2 aromatic rings. The van der Waals surface area contributed by atoms with E-state index < -0.39 is 23.6 Å². The van der Waals surface area contributed by atoms with Gasteiger partial charge in [0.15, 0.2) is 5.58 Å². The molecule has 112 valence electrons. The van der Waals surface area contributed by atoms with Crippen molar-refractivity contribution >= 4 is 23.0 Å². The Morgan fingerprint density at radius 1 is 1.38 bits per heavy atom. The molecule has 0 radical (unpaired) electrons. The minimum absolute atomic E-state index is 0.0369. The number of aliphatic carboxylic acids is 1. The van der Waals surface area contributed by atoms with Crippen LogP contribution in [0.15, 0.2) is 33.5 Å². The molecule has 0 aliphatic heterocycles. The molecule has 1 unspecified atom stereocenters. The van der Waals surface area contributed by atoms with Crippen molar-refractivity contribution in [3.63, 3.8) is 0 Å².